The number of ether oxygens (including phenoxy) is 1. The molecule has 1 aliphatic heterocycles. The molecule has 0 bridgehead atoms. The van der Waals surface area contributed by atoms with E-state index in [0.29, 0.717) is 29.6 Å². The second-order valence-electron chi connectivity index (χ2n) is 7.72. The molecule has 8 nitrogen and oxygen atoms in total. The van der Waals surface area contributed by atoms with Gasteiger partial charge < -0.3 is 20.7 Å². The fourth-order valence-electron chi connectivity index (χ4n) is 3.83. The van der Waals surface area contributed by atoms with Crippen molar-refractivity contribution in [3.05, 3.63) is 59.0 Å². The van der Waals surface area contributed by atoms with Gasteiger partial charge in [-0.1, -0.05) is 12.1 Å². The van der Waals surface area contributed by atoms with E-state index < -0.39 is 5.82 Å². The van der Waals surface area contributed by atoms with E-state index in [0.717, 1.165) is 37.2 Å². The predicted molar refractivity (Wildman–Crippen MR) is 121 cm³/mol. The van der Waals surface area contributed by atoms with Crippen molar-refractivity contribution in [3.63, 3.8) is 0 Å². The number of benzene rings is 1. The number of piperidine rings is 1. The number of aryl methyl sites for hydroxylation is 1. The molecule has 1 saturated heterocycles. The van der Waals surface area contributed by atoms with Crippen molar-refractivity contribution >= 4 is 17.5 Å². The van der Waals surface area contributed by atoms with Crippen LogP contribution in [0.15, 0.2) is 36.4 Å². The molecule has 3 aromatic rings. The van der Waals surface area contributed by atoms with Crippen molar-refractivity contribution in [2.24, 2.45) is 0 Å². The number of nitrogens with one attached hydrogen (secondary N) is 4. The number of nitriles is 1. The first-order valence-electron chi connectivity index (χ1n) is 10.7. The maximum Gasteiger partial charge on any atom is 0.165 e. The number of hydrogen-bond acceptors (Lipinski definition) is 7. The van der Waals surface area contributed by atoms with Crippen LogP contribution >= 0.6 is 0 Å². The zero-order valence-corrected chi connectivity index (χ0v) is 17.9. The quantitative estimate of drug-likeness (QED) is 0.398. The standard InChI is InChI=1S/C23H26FN7O/c1-15-12-22(31-30-15)28-21-13-17(16-6-8-26-9-7-16)18(14-25)23(29-21)27-10-11-32-20-5-3-2-4-19(20)24/h2-5,12-13,16,26H,6-11H2,1H3,(H3,27,28,29,30,31). The molecule has 0 spiro atoms. The molecule has 0 aliphatic carbocycles. The topological polar surface area (TPSA) is 111 Å². The lowest BCUT2D eigenvalue weighted by Crippen LogP contribution is -2.27. The fourth-order valence-corrected chi connectivity index (χ4v) is 3.83. The number of anilines is 3. The van der Waals surface area contributed by atoms with Gasteiger partial charge in [-0.2, -0.15) is 10.4 Å². The number of nitrogens with zero attached hydrogens (tertiary/aromatic N) is 3. The Bertz CT molecular complexity index is 1100. The normalized spacial score (nSPS) is 14.0. The van der Waals surface area contributed by atoms with E-state index in [9.17, 15) is 9.65 Å². The Hall–Kier alpha value is -3.64. The van der Waals surface area contributed by atoms with Crippen LogP contribution in [0.4, 0.5) is 21.8 Å². The van der Waals surface area contributed by atoms with E-state index in [1.54, 1.807) is 18.2 Å². The summed E-state index contributed by atoms with van der Waals surface area (Å²) < 4.78 is 19.3. The first-order chi connectivity index (χ1) is 15.6. The summed E-state index contributed by atoms with van der Waals surface area (Å²) >= 11 is 0. The van der Waals surface area contributed by atoms with Crippen LogP contribution in [0.25, 0.3) is 0 Å². The SMILES string of the molecule is Cc1cc(Nc2cc(C3CCNCC3)c(C#N)c(NCCOc3ccccc3F)n2)n[nH]1. The molecular weight excluding hydrogens is 409 g/mol. The third-order valence-electron chi connectivity index (χ3n) is 5.39. The molecule has 4 rings (SSSR count). The van der Waals surface area contributed by atoms with Gasteiger partial charge in [0.15, 0.2) is 17.4 Å². The van der Waals surface area contributed by atoms with E-state index in [1.807, 2.05) is 19.1 Å². The molecule has 1 fully saturated rings. The maximum atomic E-state index is 13.8. The molecule has 0 unspecified atom stereocenters. The van der Waals surface area contributed by atoms with Crippen LogP contribution in [-0.2, 0) is 0 Å². The Morgan fingerprint density at radius 3 is 2.75 bits per heavy atom. The van der Waals surface area contributed by atoms with Gasteiger partial charge in [-0.25, -0.2) is 9.37 Å². The molecule has 9 heteroatoms. The van der Waals surface area contributed by atoms with Crippen molar-refractivity contribution in [3.8, 4) is 11.8 Å². The smallest absolute Gasteiger partial charge is 0.165 e. The lowest BCUT2D eigenvalue weighted by Gasteiger charge is -2.25. The second kappa shape index (κ2) is 10.1. The Morgan fingerprint density at radius 1 is 1.22 bits per heavy atom. The highest BCUT2D eigenvalue weighted by Gasteiger charge is 2.22. The van der Waals surface area contributed by atoms with E-state index >= 15 is 0 Å². The number of hydrogen-bond donors (Lipinski definition) is 4. The van der Waals surface area contributed by atoms with Crippen LogP contribution in [-0.4, -0.2) is 41.4 Å². The monoisotopic (exact) mass is 435 g/mol. The van der Waals surface area contributed by atoms with Crippen molar-refractivity contribution in [2.75, 3.05) is 36.9 Å². The van der Waals surface area contributed by atoms with Gasteiger partial charge in [0.25, 0.3) is 0 Å². The number of aromatic nitrogens is 3. The third kappa shape index (κ3) is 5.15. The highest BCUT2D eigenvalue weighted by atomic mass is 19.1. The van der Waals surface area contributed by atoms with Gasteiger partial charge in [-0.15, -0.1) is 0 Å². The Balaban J connectivity index is 1.55. The van der Waals surface area contributed by atoms with Gasteiger partial charge in [0.1, 0.15) is 24.3 Å². The average Bonchev–Trinajstić information content (AvgIpc) is 3.22. The maximum absolute atomic E-state index is 13.8. The first kappa shape index (κ1) is 21.6. The van der Waals surface area contributed by atoms with Gasteiger partial charge in [0.2, 0.25) is 0 Å². The molecule has 0 atom stereocenters. The molecular formula is C23H26FN7O. The first-order valence-corrected chi connectivity index (χ1v) is 10.7. The largest absolute Gasteiger partial charge is 0.489 e. The zero-order chi connectivity index (χ0) is 22.3. The van der Waals surface area contributed by atoms with Crippen molar-refractivity contribution in [1.82, 2.24) is 20.5 Å². The number of aromatic amines is 1. The number of rotatable bonds is 8. The van der Waals surface area contributed by atoms with E-state index in [1.165, 1.54) is 6.07 Å². The number of H-pyrrole nitrogens is 1. The number of halogens is 1. The van der Waals surface area contributed by atoms with Crippen molar-refractivity contribution in [2.45, 2.75) is 25.7 Å². The Morgan fingerprint density at radius 2 is 2.03 bits per heavy atom. The van der Waals surface area contributed by atoms with Gasteiger partial charge in [-0.3, -0.25) is 5.10 Å². The number of para-hydroxylation sites is 1. The van der Waals surface area contributed by atoms with Crippen molar-refractivity contribution < 1.29 is 9.13 Å². The Kier molecular flexibility index (Phi) is 6.82. The van der Waals surface area contributed by atoms with Crippen LogP contribution in [0.3, 0.4) is 0 Å². The van der Waals surface area contributed by atoms with Crippen molar-refractivity contribution in [1.29, 1.82) is 5.26 Å². The minimum atomic E-state index is -0.406. The zero-order valence-electron chi connectivity index (χ0n) is 17.9. The van der Waals surface area contributed by atoms with Crippen LogP contribution in [0.1, 0.15) is 35.6 Å². The summed E-state index contributed by atoms with van der Waals surface area (Å²) in [5, 5.41) is 26.8. The highest BCUT2D eigenvalue weighted by molar-refractivity contribution is 5.64. The van der Waals surface area contributed by atoms with Crippen LogP contribution in [0.5, 0.6) is 5.75 Å². The predicted octanol–water partition coefficient (Wildman–Crippen LogP) is 3.83. The highest BCUT2D eigenvalue weighted by Crippen LogP contribution is 2.33. The molecule has 1 aliphatic rings. The molecule has 166 valence electrons. The molecule has 32 heavy (non-hydrogen) atoms. The molecule has 0 saturated carbocycles. The van der Waals surface area contributed by atoms with Gasteiger partial charge in [-0.05, 0) is 62.5 Å². The lowest BCUT2D eigenvalue weighted by atomic mass is 9.87. The summed E-state index contributed by atoms with van der Waals surface area (Å²) in [6.45, 7) is 4.35. The minimum absolute atomic E-state index is 0.197. The van der Waals surface area contributed by atoms with Crippen LogP contribution < -0.4 is 20.7 Å². The summed E-state index contributed by atoms with van der Waals surface area (Å²) in [7, 11) is 0. The lowest BCUT2D eigenvalue weighted by molar-refractivity contribution is 0.315. The molecule has 2 aromatic heterocycles. The molecule has 4 N–H and O–H groups in total. The van der Waals surface area contributed by atoms with Crippen LogP contribution in [0, 0.1) is 24.1 Å². The van der Waals surface area contributed by atoms with E-state index in [-0.39, 0.29) is 18.3 Å². The fraction of sp³-hybridized carbons (Fsp3) is 0.348. The Labute approximate surface area is 186 Å². The summed E-state index contributed by atoms with van der Waals surface area (Å²) in [6, 6.07) is 12.4. The van der Waals surface area contributed by atoms with Crippen LogP contribution in [0.2, 0.25) is 0 Å². The number of pyridine rings is 1. The molecule has 3 heterocycles. The molecule has 0 radical (unpaired) electrons. The van der Waals surface area contributed by atoms with Gasteiger partial charge >= 0.3 is 0 Å². The molecule has 0 amide bonds. The minimum Gasteiger partial charge on any atom is -0.489 e. The third-order valence-corrected chi connectivity index (χ3v) is 5.39. The van der Waals surface area contributed by atoms with Gasteiger partial charge in [0, 0.05) is 11.8 Å². The molecule has 1 aromatic carbocycles. The average molecular weight is 436 g/mol. The summed E-state index contributed by atoms with van der Waals surface area (Å²) in [5.41, 5.74) is 2.44. The summed E-state index contributed by atoms with van der Waals surface area (Å²) in [4.78, 5) is 4.62. The second-order valence-corrected chi connectivity index (χ2v) is 7.72. The van der Waals surface area contributed by atoms with Gasteiger partial charge in [0.05, 0.1) is 12.1 Å². The summed E-state index contributed by atoms with van der Waals surface area (Å²) in [5.74, 6) is 1.81. The van der Waals surface area contributed by atoms with E-state index in [4.69, 9.17) is 4.74 Å². The van der Waals surface area contributed by atoms with E-state index in [2.05, 4.69) is 37.2 Å². The summed E-state index contributed by atoms with van der Waals surface area (Å²) in [6.07, 6.45) is 1.91.